The Labute approximate surface area is 131 Å². The van der Waals surface area contributed by atoms with Gasteiger partial charge in [0, 0.05) is 6.54 Å². The smallest absolute Gasteiger partial charge is 0.323 e. The average molecular weight is 314 g/mol. The Balaban J connectivity index is 1.75. The monoisotopic (exact) mass is 314 g/mol. The number of carbonyl (C=O) groups is 2. The zero-order valence-corrected chi connectivity index (χ0v) is 12.5. The lowest BCUT2D eigenvalue weighted by Crippen LogP contribution is -2.46. The number of benzene rings is 1. The number of hydrogen-bond donors (Lipinski definition) is 3. The maximum Gasteiger partial charge on any atom is 0.323 e. The minimum Gasteiger partial charge on any atom is -0.368 e. The summed E-state index contributed by atoms with van der Waals surface area (Å²) in [6, 6.07) is 4.57. The third kappa shape index (κ3) is 2.07. The second-order valence-corrected chi connectivity index (χ2v) is 6.47. The van der Waals surface area contributed by atoms with Gasteiger partial charge in [0.1, 0.15) is 6.04 Å². The van der Waals surface area contributed by atoms with Crippen molar-refractivity contribution in [1.29, 1.82) is 0 Å². The zero-order valence-electron chi connectivity index (χ0n) is 12.5. The van der Waals surface area contributed by atoms with E-state index in [0.717, 1.165) is 19.3 Å². The molecule has 3 atom stereocenters. The lowest BCUT2D eigenvalue weighted by molar-refractivity contribution is -0.122. The molecule has 4 N–H and O–H groups in total. The van der Waals surface area contributed by atoms with Crippen molar-refractivity contribution in [3.05, 3.63) is 34.2 Å². The van der Waals surface area contributed by atoms with Crippen LogP contribution in [0.1, 0.15) is 29.6 Å². The molecule has 2 heterocycles. The topological polar surface area (TPSA) is 112 Å². The summed E-state index contributed by atoms with van der Waals surface area (Å²) in [6.45, 7) is 0.558. The molecule has 1 saturated heterocycles. The fraction of sp³-hybridized carbons (Fsp3) is 0.438. The van der Waals surface area contributed by atoms with Crippen LogP contribution in [-0.4, -0.2) is 39.3 Å². The van der Waals surface area contributed by atoms with Crippen molar-refractivity contribution in [2.24, 2.45) is 17.6 Å². The highest BCUT2D eigenvalue weighted by molar-refractivity contribution is 6.06. The number of rotatable bonds is 2. The Kier molecular flexibility index (Phi) is 3.04. The number of amides is 2. The van der Waals surface area contributed by atoms with Gasteiger partial charge in [0.15, 0.2) is 0 Å². The quantitative estimate of drug-likeness (QED) is 0.753. The molecule has 120 valence electrons. The van der Waals surface area contributed by atoms with Crippen molar-refractivity contribution >= 4 is 22.8 Å². The van der Waals surface area contributed by atoms with Gasteiger partial charge in [-0.15, -0.1) is 0 Å². The lowest BCUT2D eigenvalue weighted by Gasteiger charge is -2.25. The van der Waals surface area contributed by atoms with Gasteiger partial charge in [0.05, 0.1) is 16.6 Å². The standard InChI is InChI=1S/C16H18N4O3/c17-14(21)13-9-4-1-3-8(9)7-20(13)15(22)10-5-2-6-11-12(10)19-16(23)18-11/h2,5-6,8-9,13H,1,3-4,7H2,(H2,17,21)(H2,18,19,23)/t8-,9-,13-/m0/s1. The SMILES string of the molecule is NC(=O)[C@@H]1[C@H]2CCC[C@H]2CN1C(=O)c1cccc2[nH]c(=O)[nH]c12. The van der Waals surface area contributed by atoms with E-state index in [4.69, 9.17) is 5.73 Å². The van der Waals surface area contributed by atoms with Gasteiger partial charge in [-0.2, -0.15) is 0 Å². The highest BCUT2D eigenvalue weighted by atomic mass is 16.2. The first-order valence-corrected chi connectivity index (χ1v) is 7.87. The molecule has 4 rings (SSSR count). The maximum absolute atomic E-state index is 13.0. The summed E-state index contributed by atoms with van der Waals surface area (Å²) in [5.74, 6) is -0.173. The number of imidazole rings is 1. The number of para-hydroxylation sites is 1. The molecule has 2 aliphatic rings. The third-order valence-electron chi connectivity index (χ3n) is 5.22. The molecule has 0 radical (unpaired) electrons. The predicted octanol–water partition coefficient (Wildman–Crippen LogP) is 0.582. The molecule has 1 aliphatic heterocycles. The number of aromatic nitrogens is 2. The van der Waals surface area contributed by atoms with Crippen LogP contribution in [0, 0.1) is 11.8 Å². The van der Waals surface area contributed by atoms with Gasteiger partial charge in [-0.25, -0.2) is 4.79 Å². The molecule has 1 aromatic heterocycles. The molecule has 2 aromatic rings. The van der Waals surface area contributed by atoms with E-state index in [1.54, 1.807) is 23.1 Å². The molecule has 0 bridgehead atoms. The minimum atomic E-state index is -0.545. The Morgan fingerprint density at radius 2 is 2.04 bits per heavy atom. The van der Waals surface area contributed by atoms with E-state index < -0.39 is 11.9 Å². The normalized spacial score (nSPS) is 26.6. The van der Waals surface area contributed by atoms with Gasteiger partial charge >= 0.3 is 5.69 Å². The van der Waals surface area contributed by atoms with Crippen molar-refractivity contribution < 1.29 is 9.59 Å². The van der Waals surface area contributed by atoms with Crippen molar-refractivity contribution in [3.63, 3.8) is 0 Å². The first-order valence-electron chi connectivity index (χ1n) is 7.87. The van der Waals surface area contributed by atoms with Gasteiger partial charge < -0.3 is 20.6 Å². The summed E-state index contributed by atoms with van der Waals surface area (Å²) >= 11 is 0. The van der Waals surface area contributed by atoms with E-state index >= 15 is 0 Å². The van der Waals surface area contributed by atoms with E-state index in [1.165, 1.54) is 0 Å². The first-order chi connectivity index (χ1) is 11.1. The van der Waals surface area contributed by atoms with Gasteiger partial charge in [-0.05, 0) is 36.8 Å². The molecule has 1 saturated carbocycles. The molecule has 7 heteroatoms. The largest absolute Gasteiger partial charge is 0.368 e. The van der Waals surface area contributed by atoms with E-state index in [1.807, 2.05) is 0 Å². The fourth-order valence-corrected chi connectivity index (χ4v) is 4.27. The Morgan fingerprint density at radius 3 is 2.83 bits per heavy atom. The number of nitrogens with one attached hydrogen (secondary N) is 2. The number of H-pyrrole nitrogens is 2. The number of aromatic amines is 2. The molecule has 1 aromatic carbocycles. The minimum absolute atomic E-state index is 0.168. The van der Waals surface area contributed by atoms with Crippen molar-refractivity contribution in [3.8, 4) is 0 Å². The molecule has 7 nitrogen and oxygen atoms in total. The van der Waals surface area contributed by atoms with E-state index in [2.05, 4.69) is 9.97 Å². The number of nitrogens with zero attached hydrogens (tertiary/aromatic N) is 1. The maximum atomic E-state index is 13.0. The number of primary amides is 1. The highest BCUT2D eigenvalue weighted by Gasteiger charge is 2.48. The summed E-state index contributed by atoms with van der Waals surface area (Å²) in [5.41, 5.74) is 6.67. The van der Waals surface area contributed by atoms with Crippen LogP contribution in [-0.2, 0) is 4.79 Å². The number of fused-ring (bicyclic) bond motifs is 2. The van der Waals surface area contributed by atoms with Crippen LogP contribution < -0.4 is 11.4 Å². The zero-order chi connectivity index (χ0) is 16.1. The number of likely N-dealkylation sites (tertiary alicyclic amines) is 1. The van der Waals surface area contributed by atoms with E-state index in [9.17, 15) is 14.4 Å². The molecule has 2 fully saturated rings. The summed E-state index contributed by atoms with van der Waals surface area (Å²) in [5, 5.41) is 0. The Hall–Kier alpha value is -2.57. The second kappa shape index (κ2) is 4.97. The van der Waals surface area contributed by atoms with E-state index in [-0.39, 0.29) is 17.5 Å². The molecule has 0 unspecified atom stereocenters. The van der Waals surface area contributed by atoms with Crippen LogP contribution in [0.5, 0.6) is 0 Å². The van der Waals surface area contributed by atoms with Crippen LogP contribution in [0.4, 0.5) is 0 Å². The molecular weight excluding hydrogens is 296 g/mol. The fourth-order valence-electron chi connectivity index (χ4n) is 4.27. The first kappa shape index (κ1) is 14.0. The Morgan fingerprint density at radius 1 is 1.22 bits per heavy atom. The van der Waals surface area contributed by atoms with Gasteiger partial charge in [0.2, 0.25) is 5.91 Å². The average Bonchev–Trinajstić information content (AvgIpc) is 3.16. The number of carbonyl (C=O) groups excluding carboxylic acids is 2. The highest BCUT2D eigenvalue weighted by Crippen LogP contribution is 2.42. The Bertz CT molecular complexity index is 852. The summed E-state index contributed by atoms with van der Waals surface area (Å²) in [4.78, 5) is 43.3. The van der Waals surface area contributed by atoms with Gasteiger partial charge in [-0.1, -0.05) is 12.5 Å². The van der Waals surface area contributed by atoms with Crippen molar-refractivity contribution in [2.45, 2.75) is 25.3 Å². The summed E-state index contributed by atoms with van der Waals surface area (Å²) < 4.78 is 0. The van der Waals surface area contributed by atoms with Crippen LogP contribution in [0.15, 0.2) is 23.0 Å². The van der Waals surface area contributed by atoms with Crippen LogP contribution in [0.25, 0.3) is 11.0 Å². The van der Waals surface area contributed by atoms with E-state index in [0.29, 0.717) is 29.1 Å². The molecule has 23 heavy (non-hydrogen) atoms. The van der Waals surface area contributed by atoms with Gasteiger partial charge in [-0.3, -0.25) is 9.59 Å². The molecule has 2 amide bonds. The predicted molar refractivity (Wildman–Crippen MR) is 83.8 cm³/mol. The lowest BCUT2D eigenvalue weighted by atomic mass is 9.93. The summed E-state index contributed by atoms with van der Waals surface area (Å²) in [6.07, 6.45) is 3.05. The van der Waals surface area contributed by atoms with Crippen LogP contribution in [0.2, 0.25) is 0 Å². The molecule has 0 spiro atoms. The van der Waals surface area contributed by atoms with Crippen LogP contribution >= 0.6 is 0 Å². The van der Waals surface area contributed by atoms with Gasteiger partial charge in [0.25, 0.3) is 5.91 Å². The summed E-state index contributed by atoms with van der Waals surface area (Å²) in [7, 11) is 0. The number of nitrogens with two attached hydrogens (primary N) is 1. The van der Waals surface area contributed by atoms with Crippen LogP contribution in [0.3, 0.4) is 0 Å². The molecular formula is C16H18N4O3. The second-order valence-electron chi connectivity index (χ2n) is 6.47. The number of hydrogen-bond acceptors (Lipinski definition) is 3. The molecule has 1 aliphatic carbocycles. The third-order valence-corrected chi connectivity index (χ3v) is 5.22. The van der Waals surface area contributed by atoms with Crippen molar-refractivity contribution in [1.82, 2.24) is 14.9 Å². The van der Waals surface area contributed by atoms with Crippen molar-refractivity contribution in [2.75, 3.05) is 6.54 Å².